The standard InChI is InChI=1S/C12H17NO3/c14-12(15)6-10-2-1-4-13(7-10)8-11-3-5-16-9-11/h3,5,9-10H,1-2,4,6-8H2,(H,14,15). The average molecular weight is 223 g/mol. The lowest BCUT2D eigenvalue weighted by molar-refractivity contribution is -0.138. The van der Waals surface area contributed by atoms with Crippen LogP contribution in [0.15, 0.2) is 23.0 Å². The van der Waals surface area contributed by atoms with E-state index in [-0.39, 0.29) is 0 Å². The smallest absolute Gasteiger partial charge is 0.303 e. The van der Waals surface area contributed by atoms with Crippen molar-refractivity contribution in [3.8, 4) is 0 Å². The topological polar surface area (TPSA) is 53.7 Å². The van der Waals surface area contributed by atoms with Crippen LogP contribution >= 0.6 is 0 Å². The van der Waals surface area contributed by atoms with Gasteiger partial charge in [-0.05, 0) is 31.4 Å². The Labute approximate surface area is 94.9 Å². The molecule has 1 aromatic heterocycles. The lowest BCUT2D eigenvalue weighted by atomic mass is 9.95. The second-order valence-corrected chi connectivity index (χ2v) is 4.47. The van der Waals surface area contributed by atoms with Crippen LogP contribution in [0.1, 0.15) is 24.8 Å². The molecule has 16 heavy (non-hydrogen) atoms. The number of nitrogens with zero attached hydrogens (tertiary/aromatic N) is 1. The number of piperidine rings is 1. The van der Waals surface area contributed by atoms with Gasteiger partial charge >= 0.3 is 5.97 Å². The first-order valence-corrected chi connectivity index (χ1v) is 5.69. The van der Waals surface area contributed by atoms with E-state index in [1.807, 2.05) is 6.07 Å². The van der Waals surface area contributed by atoms with Crippen molar-refractivity contribution in [3.63, 3.8) is 0 Å². The second kappa shape index (κ2) is 5.16. The molecule has 0 aromatic carbocycles. The van der Waals surface area contributed by atoms with Crippen LogP contribution in [-0.4, -0.2) is 29.1 Å². The first kappa shape index (κ1) is 11.2. The van der Waals surface area contributed by atoms with E-state index in [9.17, 15) is 4.79 Å². The predicted octanol–water partition coefficient (Wildman–Crippen LogP) is 1.97. The minimum absolute atomic E-state index is 0.294. The largest absolute Gasteiger partial charge is 0.481 e. The van der Waals surface area contributed by atoms with Crippen LogP contribution in [0.3, 0.4) is 0 Å². The average Bonchev–Trinajstić information content (AvgIpc) is 2.70. The molecule has 88 valence electrons. The lowest BCUT2D eigenvalue weighted by Gasteiger charge is -2.31. The molecule has 1 N–H and O–H groups in total. The number of hydrogen-bond donors (Lipinski definition) is 1. The zero-order chi connectivity index (χ0) is 11.4. The van der Waals surface area contributed by atoms with Crippen LogP contribution in [0, 0.1) is 5.92 Å². The molecule has 0 spiro atoms. The van der Waals surface area contributed by atoms with Gasteiger partial charge in [0.1, 0.15) is 0 Å². The molecule has 0 amide bonds. The van der Waals surface area contributed by atoms with Gasteiger partial charge in [0.15, 0.2) is 0 Å². The molecule has 4 nitrogen and oxygen atoms in total. The van der Waals surface area contributed by atoms with Gasteiger partial charge in [-0.3, -0.25) is 9.69 Å². The summed E-state index contributed by atoms with van der Waals surface area (Å²) in [6.07, 6.45) is 5.85. The molecule has 1 fully saturated rings. The maximum Gasteiger partial charge on any atom is 0.303 e. The minimum atomic E-state index is -0.685. The summed E-state index contributed by atoms with van der Waals surface area (Å²) in [5.41, 5.74) is 1.16. The van der Waals surface area contributed by atoms with Gasteiger partial charge < -0.3 is 9.52 Å². The van der Waals surface area contributed by atoms with Gasteiger partial charge in [-0.25, -0.2) is 0 Å². The van der Waals surface area contributed by atoms with E-state index in [4.69, 9.17) is 9.52 Å². The molecule has 1 atom stereocenters. The van der Waals surface area contributed by atoms with Crippen molar-refractivity contribution >= 4 is 5.97 Å². The maximum absolute atomic E-state index is 10.7. The summed E-state index contributed by atoms with van der Waals surface area (Å²) < 4.78 is 5.03. The highest BCUT2D eigenvalue weighted by Crippen LogP contribution is 2.21. The van der Waals surface area contributed by atoms with Crippen LogP contribution in [0.2, 0.25) is 0 Å². The summed E-state index contributed by atoms with van der Waals surface area (Å²) in [6, 6.07) is 1.96. The maximum atomic E-state index is 10.7. The molecule has 2 heterocycles. The fourth-order valence-electron chi connectivity index (χ4n) is 2.35. The molecule has 2 rings (SSSR count). The molecule has 0 radical (unpaired) electrons. The van der Waals surface area contributed by atoms with Gasteiger partial charge in [0, 0.05) is 25.1 Å². The van der Waals surface area contributed by atoms with Crippen molar-refractivity contribution in [3.05, 3.63) is 24.2 Å². The van der Waals surface area contributed by atoms with Gasteiger partial charge in [-0.2, -0.15) is 0 Å². The Balaban J connectivity index is 1.84. The molecule has 1 aliphatic heterocycles. The van der Waals surface area contributed by atoms with Gasteiger partial charge in [0.05, 0.1) is 12.5 Å². The fourth-order valence-corrected chi connectivity index (χ4v) is 2.35. The Morgan fingerprint density at radius 1 is 1.62 bits per heavy atom. The minimum Gasteiger partial charge on any atom is -0.481 e. The predicted molar refractivity (Wildman–Crippen MR) is 59.0 cm³/mol. The van der Waals surface area contributed by atoms with E-state index < -0.39 is 5.97 Å². The van der Waals surface area contributed by atoms with Crippen molar-refractivity contribution < 1.29 is 14.3 Å². The molecule has 1 aliphatic rings. The number of aliphatic carboxylic acids is 1. The SMILES string of the molecule is O=C(O)CC1CCCN(Cc2ccoc2)C1. The van der Waals surface area contributed by atoms with Crippen LogP contribution in [0.5, 0.6) is 0 Å². The van der Waals surface area contributed by atoms with E-state index in [2.05, 4.69) is 4.90 Å². The summed E-state index contributed by atoms with van der Waals surface area (Å²) in [5, 5.41) is 8.78. The number of rotatable bonds is 4. The molecule has 0 bridgehead atoms. The first-order chi connectivity index (χ1) is 7.74. The quantitative estimate of drug-likeness (QED) is 0.847. The van der Waals surface area contributed by atoms with E-state index in [0.717, 1.165) is 38.0 Å². The van der Waals surface area contributed by atoms with Crippen LogP contribution in [0.25, 0.3) is 0 Å². The van der Waals surface area contributed by atoms with Gasteiger partial charge in [-0.1, -0.05) is 0 Å². The zero-order valence-corrected chi connectivity index (χ0v) is 9.26. The van der Waals surface area contributed by atoms with Gasteiger partial charge in [-0.15, -0.1) is 0 Å². The number of carboxylic acid groups (broad SMARTS) is 1. The van der Waals surface area contributed by atoms with Crippen molar-refractivity contribution in [2.75, 3.05) is 13.1 Å². The summed E-state index contributed by atoms with van der Waals surface area (Å²) in [4.78, 5) is 13.0. The molecule has 0 aliphatic carbocycles. The second-order valence-electron chi connectivity index (χ2n) is 4.47. The summed E-state index contributed by atoms with van der Waals surface area (Å²) >= 11 is 0. The summed E-state index contributed by atoms with van der Waals surface area (Å²) in [6.45, 7) is 2.81. The van der Waals surface area contributed by atoms with E-state index in [1.165, 1.54) is 0 Å². The summed E-state index contributed by atoms with van der Waals surface area (Å²) in [5.74, 6) is -0.381. The van der Waals surface area contributed by atoms with Crippen LogP contribution in [0.4, 0.5) is 0 Å². The van der Waals surface area contributed by atoms with Crippen molar-refractivity contribution in [2.24, 2.45) is 5.92 Å². The molecular formula is C12H17NO3. The number of furan rings is 1. The van der Waals surface area contributed by atoms with E-state index in [0.29, 0.717) is 12.3 Å². The van der Waals surface area contributed by atoms with E-state index in [1.54, 1.807) is 12.5 Å². The molecule has 1 aromatic rings. The Morgan fingerprint density at radius 3 is 3.19 bits per heavy atom. The molecule has 1 unspecified atom stereocenters. The Bertz CT molecular complexity index is 334. The number of hydrogen-bond acceptors (Lipinski definition) is 3. The Morgan fingerprint density at radius 2 is 2.50 bits per heavy atom. The number of carbonyl (C=O) groups is 1. The highest BCUT2D eigenvalue weighted by Gasteiger charge is 2.22. The molecule has 4 heteroatoms. The van der Waals surface area contributed by atoms with Crippen LogP contribution < -0.4 is 0 Å². The van der Waals surface area contributed by atoms with Crippen molar-refractivity contribution in [2.45, 2.75) is 25.8 Å². The number of likely N-dealkylation sites (tertiary alicyclic amines) is 1. The summed E-state index contributed by atoms with van der Waals surface area (Å²) in [7, 11) is 0. The van der Waals surface area contributed by atoms with Gasteiger partial charge in [0.2, 0.25) is 0 Å². The monoisotopic (exact) mass is 223 g/mol. The first-order valence-electron chi connectivity index (χ1n) is 5.69. The molecular weight excluding hydrogens is 206 g/mol. The number of carboxylic acids is 1. The fraction of sp³-hybridized carbons (Fsp3) is 0.583. The van der Waals surface area contributed by atoms with E-state index >= 15 is 0 Å². The highest BCUT2D eigenvalue weighted by molar-refractivity contribution is 5.67. The molecule has 1 saturated heterocycles. The Kier molecular flexibility index (Phi) is 3.62. The van der Waals surface area contributed by atoms with Gasteiger partial charge in [0.25, 0.3) is 0 Å². The van der Waals surface area contributed by atoms with Crippen molar-refractivity contribution in [1.29, 1.82) is 0 Å². The van der Waals surface area contributed by atoms with Crippen LogP contribution in [-0.2, 0) is 11.3 Å². The third kappa shape index (κ3) is 3.10. The highest BCUT2D eigenvalue weighted by atomic mass is 16.4. The third-order valence-electron chi connectivity index (χ3n) is 3.05. The van der Waals surface area contributed by atoms with Crippen molar-refractivity contribution in [1.82, 2.24) is 4.90 Å². The zero-order valence-electron chi connectivity index (χ0n) is 9.26. The third-order valence-corrected chi connectivity index (χ3v) is 3.05. The lowest BCUT2D eigenvalue weighted by Crippen LogP contribution is -2.35. The Hall–Kier alpha value is -1.29. The normalized spacial score (nSPS) is 22.1. The molecule has 0 saturated carbocycles.